The van der Waals surface area contributed by atoms with Crippen molar-refractivity contribution in [3.8, 4) is 0 Å². The number of hydrogen-bond donors (Lipinski definition) is 0. The fraction of sp³-hybridized carbons (Fsp3) is 0.368. The Morgan fingerprint density at radius 2 is 1.92 bits per heavy atom. The van der Waals surface area contributed by atoms with Crippen LogP contribution in [0.3, 0.4) is 0 Å². The van der Waals surface area contributed by atoms with Crippen LogP contribution in [0.5, 0.6) is 0 Å². The lowest BCUT2D eigenvalue weighted by molar-refractivity contribution is -0.141. The van der Waals surface area contributed by atoms with Crippen LogP contribution in [0, 0.1) is 0 Å². The maximum atomic E-state index is 12.9. The minimum atomic E-state index is -0.402. The van der Waals surface area contributed by atoms with Crippen LogP contribution in [-0.4, -0.2) is 30.4 Å². The summed E-state index contributed by atoms with van der Waals surface area (Å²) in [5.74, 6) is -0.496. The first kappa shape index (κ1) is 16.7. The Hall–Kier alpha value is -2.14. The number of ether oxygens (including phenoxy) is 1. The van der Waals surface area contributed by atoms with Gasteiger partial charge in [0.25, 0.3) is 5.91 Å². The second-order valence-electron chi connectivity index (χ2n) is 5.99. The largest absolute Gasteiger partial charge is 0.468 e. The molecule has 1 amide bonds. The molecule has 3 rings (SSSR count). The number of esters is 1. The Morgan fingerprint density at radius 1 is 1.17 bits per heavy atom. The van der Waals surface area contributed by atoms with Gasteiger partial charge in [0.1, 0.15) is 6.54 Å². The monoisotopic (exact) mass is 343 g/mol. The van der Waals surface area contributed by atoms with E-state index in [0.717, 1.165) is 23.3 Å². The van der Waals surface area contributed by atoms with Crippen LogP contribution in [0.4, 0.5) is 0 Å². The summed E-state index contributed by atoms with van der Waals surface area (Å²) in [6, 6.07) is 11.7. The van der Waals surface area contributed by atoms with Crippen LogP contribution in [0.25, 0.3) is 0 Å². The van der Waals surface area contributed by atoms with Gasteiger partial charge < -0.3 is 9.64 Å². The van der Waals surface area contributed by atoms with Gasteiger partial charge in [-0.05, 0) is 42.9 Å². The van der Waals surface area contributed by atoms with Crippen LogP contribution < -0.4 is 0 Å². The summed E-state index contributed by atoms with van der Waals surface area (Å²) >= 11 is 1.57. The van der Waals surface area contributed by atoms with E-state index in [0.29, 0.717) is 6.54 Å². The number of thiophene rings is 1. The third kappa shape index (κ3) is 3.85. The Kier molecular flexibility index (Phi) is 5.30. The molecule has 126 valence electrons. The highest BCUT2D eigenvalue weighted by Gasteiger charge is 2.23. The van der Waals surface area contributed by atoms with E-state index in [1.165, 1.54) is 30.4 Å². The summed E-state index contributed by atoms with van der Waals surface area (Å²) < 4.78 is 4.76. The minimum absolute atomic E-state index is 0.0349. The molecule has 0 N–H and O–H groups in total. The van der Waals surface area contributed by atoms with Gasteiger partial charge >= 0.3 is 5.97 Å². The van der Waals surface area contributed by atoms with E-state index in [-0.39, 0.29) is 12.5 Å². The van der Waals surface area contributed by atoms with Crippen molar-refractivity contribution in [2.45, 2.75) is 32.2 Å². The van der Waals surface area contributed by atoms with Crippen LogP contribution in [0.2, 0.25) is 0 Å². The first-order valence-corrected chi connectivity index (χ1v) is 9.00. The molecule has 0 spiro atoms. The number of methoxy groups -OCH3 is 1. The summed E-state index contributed by atoms with van der Waals surface area (Å²) in [5.41, 5.74) is 2.29. The standard InChI is InChI=1S/C19H21NO3S/c1-23-18(21)13-20(12-14-7-3-2-4-8-14)19(22)17-11-15-9-5-6-10-16(15)24-17/h2-4,7-8,11H,5-6,9-10,12-13H2,1H3. The van der Waals surface area contributed by atoms with E-state index in [4.69, 9.17) is 4.74 Å². The fourth-order valence-corrected chi connectivity index (χ4v) is 4.20. The maximum Gasteiger partial charge on any atom is 0.325 e. The Balaban J connectivity index is 1.82. The van der Waals surface area contributed by atoms with Crippen molar-refractivity contribution in [1.82, 2.24) is 4.90 Å². The van der Waals surface area contributed by atoms with E-state index in [9.17, 15) is 9.59 Å². The molecular formula is C19H21NO3S. The van der Waals surface area contributed by atoms with Crippen LogP contribution >= 0.6 is 11.3 Å². The van der Waals surface area contributed by atoms with Gasteiger partial charge in [0.2, 0.25) is 0 Å². The highest BCUT2D eigenvalue weighted by atomic mass is 32.1. The first-order valence-electron chi connectivity index (χ1n) is 8.19. The normalized spacial score (nSPS) is 13.2. The molecule has 0 atom stereocenters. The minimum Gasteiger partial charge on any atom is -0.468 e. The molecule has 24 heavy (non-hydrogen) atoms. The van der Waals surface area contributed by atoms with Crippen molar-refractivity contribution in [3.63, 3.8) is 0 Å². The second kappa shape index (κ2) is 7.62. The Morgan fingerprint density at radius 3 is 2.62 bits per heavy atom. The number of rotatable bonds is 5. The summed E-state index contributed by atoms with van der Waals surface area (Å²) in [6.45, 7) is 0.365. The summed E-state index contributed by atoms with van der Waals surface area (Å²) in [4.78, 5) is 28.3. The van der Waals surface area contributed by atoms with E-state index in [1.807, 2.05) is 36.4 Å². The van der Waals surface area contributed by atoms with Gasteiger partial charge in [0.05, 0.1) is 12.0 Å². The van der Waals surface area contributed by atoms with Crippen molar-refractivity contribution >= 4 is 23.2 Å². The van der Waals surface area contributed by atoms with Gasteiger partial charge in [-0.15, -0.1) is 11.3 Å². The zero-order valence-corrected chi connectivity index (χ0v) is 14.6. The first-order chi connectivity index (χ1) is 11.7. The van der Waals surface area contributed by atoms with E-state index < -0.39 is 5.97 Å². The predicted octanol–water partition coefficient (Wildman–Crippen LogP) is 3.44. The Bertz CT molecular complexity index is 700. The van der Waals surface area contributed by atoms with Crippen molar-refractivity contribution in [2.75, 3.05) is 13.7 Å². The predicted molar refractivity (Wildman–Crippen MR) is 94.2 cm³/mol. The van der Waals surface area contributed by atoms with Crippen molar-refractivity contribution in [3.05, 3.63) is 57.3 Å². The number of benzene rings is 1. The number of carbonyl (C=O) groups excluding carboxylic acids is 2. The molecule has 0 unspecified atom stereocenters. The van der Waals surface area contributed by atoms with E-state index >= 15 is 0 Å². The molecule has 1 aromatic heterocycles. The number of hydrogen-bond acceptors (Lipinski definition) is 4. The zero-order chi connectivity index (χ0) is 16.9. The van der Waals surface area contributed by atoms with E-state index in [1.54, 1.807) is 16.2 Å². The number of fused-ring (bicyclic) bond motifs is 1. The molecule has 5 heteroatoms. The molecule has 0 fully saturated rings. The fourth-order valence-electron chi connectivity index (χ4n) is 2.98. The van der Waals surface area contributed by atoms with E-state index in [2.05, 4.69) is 0 Å². The lowest BCUT2D eigenvalue weighted by atomic mass is 9.99. The maximum absolute atomic E-state index is 12.9. The molecule has 0 saturated heterocycles. The van der Waals surface area contributed by atoms with Gasteiger partial charge in [0, 0.05) is 11.4 Å². The molecular weight excluding hydrogens is 322 g/mol. The second-order valence-corrected chi connectivity index (χ2v) is 7.13. The van der Waals surface area contributed by atoms with Gasteiger partial charge in [0.15, 0.2) is 0 Å². The van der Waals surface area contributed by atoms with Crippen molar-refractivity contribution in [1.29, 1.82) is 0 Å². The van der Waals surface area contributed by atoms with Gasteiger partial charge in [-0.3, -0.25) is 9.59 Å². The Labute approximate surface area is 146 Å². The third-order valence-electron chi connectivity index (χ3n) is 4.26. The summed E-state index contributed by atoms with van der Waals surface area (Å²) in [6.07, 6.45) is 4.49. The topological polar surface area (TPSA) is 46.6 Å². The molecule has 2 aromatic rings. The average molecular weight is 343 g/mol. The molecule has 0 bridgehead atoms. The van der Waals surface area contributed by atoms with Gasteiger partial charge in [-0.1, -0.05) is 30.3 Å². The number of nitrogens with zero attached hydrogens (tertiary/aromatic N) is 1. The highest BCUT2D eigenvalue weighted by molar-refractivity contribution is 7.14. The molecule has 1 heterocycles. The van der Waals surface area contributed by atoms with Crippen LogP contribution in [-0.2, 0) is 28.9 Å². The van der Waals surface area contributed by atoms with Gasteiger partial charge in [-0.25, -0.2) is 0 Å². The molecule has 0 aliphatic heterocycles. The molecule has 1 aliphatic carbocycles. The van der Waals surface area contributed by atoms with Crippen LogP contribution in [0.15, 0.2) is 36.4 Å². The third-order valence-corrected chi connectivity index (χ3v) is 5.48. The zero-order valence-electron chi connectivity index (χ0n) is 13.8. The summed E-state index contributed by atoms with van der Waals surface area (Å²) in [7, 11) is 1.34. The van der Waals surface area contributed by atoms with Crippen molar-refractivity contribution < 1.29 is 14.3 Å². The molecule has 4 nitrogen and oxygen atoms in total. The molecule has 0 radical (unpaired) electrons. The quantitative estimate of drug-likeness (QED) is 0.781. The van der Waals surface area contributed by atoms with Crippen molar-refractivity contribution in [2.24, 2.45) is 0 Å². The molecule has 1 aliphatic rings. The summed E-state index contributed by atoms with van der Waals surface area (Å²) in [5, 5.41) is 0. The molecule has 0 saturated carbocycles. The number of amides is 1. The van der Waals surface area contributed by atoms with Crippen LogP contribution in [0.1, 0.15) is 38.5 Å². The lowest BCUT2D eigenvalue weighted by Gasteiger charge is -2.21. The smallest absolute Gasteiger partial charge is 0.325 e. The van der Waals surface area contributed by atoms with Gasteiger partial charge in [-0.2, -0.15) is 0 Å². The molecule has 1 aromatic carbocycles. The lowest BCUT2D eigenvalue weighted by Crippen LogP contribution is -2.35. The number of aryl methyl sites for hydroxylation is 2. The number of carbonyl (C=O) groups is 2. The SMILES string of the molecule is COC(=O)CN(Cc1ccccc1)C(=O)c1cc2c(s1)CCCC2. The average Bonchev–Trinajstić information content (AvgIpc) is 3.05. The highest BCUT2D eigenvalue weighted by Crippen LogP contribution is 2.30.